The lowest BCUT2D eigenvalue weighted by molar-refractivity contribution is -0.146. The van der Waals surface area contributed by atoms with E-state index in [-0.39, 0.29) is 17.4 Å². The van der Waals surface area contributed by atoms with E-state index < -0.39 is 6.04 Å². The number of aromatic nitrogens is 3. The summed E-state index contributed by atoms with van der Waals surface area (Å²) in [5.41, 5.74) is 3.26. The Labute approximate surface area is 234 Å². The smallest absolute Gasteiger partial charge is 0.328 e. The van der Waals surface area contributed by atoms with Gasteiger partial charge >= 0.3 is 5.97 Å². The predicted octanol–water partition coefficient (Wildman–Crippen LogP) is 6.73. The van der Waals surface area contributed by atoms with Gasteiger partial charge < -0.3 is 13.7 Å². The van der Waals surface area contributed by atoms with Crippen molar-refractivity contribution in [3.63, 3.8) is 0 Å². The third-order valence-electron chi connectivity index (χ3n) is 6.97. The highest BCUT2D eigenvalue weighted by Gasteiger charge is 2.23. The van der Waals surface area contributed by atoms with Gasteiger partial charge in [0.05, 0.1) is 23.7 Å². The molecule has 3 heterocycles. The topological polar surface area (TPSA) is 91.6 Å². The van der Waals surface area contributed by atoms with Crippen LogP contribution in [0.15, 0.2) is 87.1 Å². The second-order valence-electron chi connectivity index (χ2n) is 9.42. The lowest BCUT2D eigenvalue weighted by atomic mass is 10.1. The molecule has 0 radical (unpaired) electrons. The summed E-state index contributed by atoms with van der Waals surface area (Å²) in [5, 5.41) is 7.33. The summed E-state index contributed by atoms with van der Waals surface area (Å²) in [6.07, 6.45) is 1.63. The number of furan rings is 1. The van der Waals surface area contributed by atoms with Crippen LogP contribution in [0.3, 0.4) is 0 Å². The second-order valence-corrected chi connectivity index (χ2v) is 9.86. The van der Waals surface area contributed by atoms with Crippen LogP contribution in [0.25, 0.3) is 44.4 Å². The minimum atomic E-state index is -0.546. The van der Waals surface area contributed by atoms with Crippen LogP contribution in [0.5, 0.6) is 0 Å². The van der Waals surface area contributed by atoms with Crippen LogP contribution in [0.2, 0.25) is 5.02 Å². The number of hydrogen-bond acceptors (Lipinski definition) is 6. The third-order valence-corrected chi connectivity index (χ3v) is 7.21. The van der Waals surface area contributed by atoms with Gasteiger partial charge in [0.15, 0.2) is 5.76 Å². The van der Waals surface area contributed by atoms with Gasteiger partial charge in [0.2, 0.25) is 5.82 Å². The summed E-state index contributed by atoms with van der Waals surface area (Å²) < 4.78 is 14.5. The van der Waals surface area contributed by atoms with Gasteiger partial charge in [-0.25, -0.2) is 9.78 Å². The number of carbonyl (C=O) groups excluding carboxylic acids is 1. The molecule has 3 aromatic heterocycles. The van der Waals surface area contributed by atoms with Crippen molar-refractivity contribution in [2.45, 2.75) is 26.8 Å². The van der Waals surface area contributed by atoms with Crippen molar-refractivity contribution < 1.29 is 13.9 Å². The molecule has 0 saturated heterocycles. The number of fused-ring (bicyclic) bond motifs is 3. The zero-order chi connectivity index (χ0) is 28.0. The van der Waals surface area contributed by atoms with Crippen LogP contribution >= 0.6 is 11.6 Å². The van der Waals surface area contributed by atoms with E-state index in [2.05, 4.69) is 5.10 Å². The zero-order valence-corrected chi connectivity index (χ0v) is 22.8. The van der Waals surface area contributed by atoms with E-state index in [4.69, 9.17) is 25.7 Å². The van der Waals surface area contributed by atoms with Crippen molar-refractivity contribution in [3.8, 4) is 11.6 Å². The molecule has 0 saturated carbocycles. The Morgan fingerprint density at radius 3 is 2.65 bits per heavy atom. The minimum Gasteiger partial charge on any atom is -0.464 e. The molecule has 1 atom stereocenters. The minimum absolute atomic E-state index is 0.258. The summed E-state index contributed by atoms with van der Waals surface area (Å²) >= 11 is 6.18. The van der Waals surface area contributed by atoms with E-state index >= 15 is 0 Å². The first-order valence-corrected chi connectivity index (χ1v) is 13.3. The molecular formula is C31H25ClN4O4. The van der Waals surface area contributed by atoms with E-state index in [1.165, 1.54) is 4.68 Å². The first-order chi connectivity index (χ1) is 19.4. The van der Waals surface area contributed by atoms with Crippen molar-refractivity contribution in [1.82, 2.24) is 14.2 Å². The van der Waals surface area contributed by atoms with Gasteiger partial charge in [-0.05, 0) is 63.2 Å². The van der Waals surface area contributed by atoms with Crippen LogP contribution in [-0.4, -0.2) is 33.0 Å². The number of ether oxygens (including phenoxy) is 1. The molecule has 40 heavy (non-hydrogen) atoms. The summed E-state index contributed by atoms with van der Waals surface area (Å²) in [6.45, 7) is 5.81. The molecule has 3 aromatic carbocycles. The molecule has 0 amide bonds. The number of rotatable bonds is 6. The highest BCUT2D eigenvalue weighted by Crippen LogP contribution is 2.31. The van der Waals surface area contributed by atoms with E-state index in [9.17, 15) is 9.59 Å². The maximum Gasteiger partial charge on any atom is 0.328 e. The molecule has 8 nitrogen and oxygen atoms in total. The van der Waals surface area contributed by atoms with E-state index in [0.717, 1.165) is 27.5 Å². The molecule has 6 rings (SSSR count). The van der Waals surface area contributed by atoms with Crippen molar-refractivity contribution >= 4 is 56.6 Å². The number of nitrogens with zero attached hydrogens (tertiary/aromatic N) is 4. The average Bonchev–Trinajstić information content (AvgIpc) is 3.50. The SMILES string of the molecule is CCOC(=O)[C@@H](C)n1c(C)c(C=Nn2c(-c3cc4cc(Cl)ccc4o3)nc3ccccc3c2=O)c2ccccc21. The molecule has 0 bridgehead atoms. The van der Waals surface area contributed by atoms with Gasteiger partial charge in [0.25, 0.3) is 5.56 Å². The fourth-order valence-corrected chi connectivity index (χ4v) is 5.26. The molecule has 0 unspecified atom stereocenters. The maximum atomic E-state index is 13.7. The van der Waals surface area contributed by atoms with E-state index in [1.54, 1.807) is 55.6 Å². The quantitative estimate of drug-likeness (QED) is 0.169. The maximum absolute atomic E-state index is 13.7. The largest absolute Gasteiger partial charge is 0.464 e. The Balaban J connectivity index is 1.55. The molecule has 9 heteroatoms. The molecule has 0 spiro atoms. The number of carbonyl (C=O) groups is 1. The van der Waals surface area contributed by atoms with E-state index in [1.807, 2.05) is 48.7 Å². The fourth-order valence-electron chi connectivity index (χ4n) is 5.08. The van der Waals surface area contributed by atoms with Crippen molar-refractivity contribution in [1.29, 1.82) is 0 Å². The Kier molecular flexibility index (Phi) is 6.48. The van der Waals surface area contributed by atoms with Crippen LogP contribution in [0.1, 0.15) is 31.1 Å². The number of benzene rings is 3. The summed E-state index contributed by atoms with van der Waals surface area (Å²) in [4.78, 5) is 31.1. The van der Waals surface area contributed by atoms with Gasteiger partial charge in [-0.2, -0.15) is 9.78 Å². The molecule has 6 aromatic rings. The van der Waals surface area contributed by atoms with Crippen molar-refractivity contribution in [2.24, 2.45) is 5.10 Å². The average molecular weight is 553 g/mol. The normalized spacial score (nSPS) is 12.6. The predicted molar refractivity (Wildman–Crippen MR) is 157 cm³/mol. The van der Waals surface area contributed by atoms with Crippen LogP contribution in [0, 0.1) is 6.92 Å². The molecule has 0 aliphatic heterocycles. The Bertz CT molecular complexity index is 2020. The van der Waals surface area contributed by atoms with Gasteiger partial charge in [-0.15, -0.1) is 0 Å². The van der Waals surface area contributed by atoms with Crippen molar-refractivity contribution in [2.75, 3.05) is 6.61 Å². The van der Waals surface area contributed by atoms with Gasteiger partial charge in [0, 0.05) is 32.6 Å². The number of esters is 1. The van der Waals surface area contributed by atoms with Gasteiger partial charge in [0.1, 0.15) is 11.6 Å². The summed E-state index contributed by atoms with van der Waals surface area (Å²) in [7, 11) is 0. The van der Waals surface area contributed by atoms with Gasteiger partial charge in [-0.3, -0.25) is 4.79 Å². The van der Waals surface area contributed by atoms with Crippen LogP contribution < -0.4 is 5.56 Å². The summed E-state index contributed by atoms with van der Waals surface area (Å²) in [5.74, 6) is 0.318. The fraction of sp³-hybridized carbons (Fsp3) is 0.161. The van der Waals surface area contributed by atoms with Crippen LogP contribution in [0.4, 0.5) is 0 Å². The second kappa shape index (κ2) is 10.1. The Morgan fingerprint density at radius 2 is 1.85 bits per heavy atom. The Morgan fingerprint density at radius 1 is 1.10 bits per heavy atom. The number of para-hydroxylation sites is 2. The highest BCUT2D eigenvalue weighted by atomic mass is 35.5. The molecule has 200 valence electrons. The lowest BCUT2D eigenvalue weighted by Crippen LogP contribution is -2.21. The van der Waals surface area contributed by atoms with E-state index in [0.29, 0.717) is 33.9 Å². The van der Waals surface area contributed by atoms with Crippen molar-refractivity contribution in [3.05, 3.63) is 99.4 Å². The zero-order valence-electron chi connectivity index (χ0n) is 22.1. The Hall–Kier alpha value is -4.69. The lowest BCUT2D eigenvalue weighted by Gasteiger charge is -2.16. The van der Waals surface area contributed by atoms with Gasteiger partial charge in [-0.1, -0.05) is 41.9 Å². The van der Waals surface area contributed by atoms with Crippen LogP contribution in [-0.2, 0) is 9.53 Å². The monoisotopic (exact) mass is 552 g/mol. The molecule has 0 aliphatic carbocycles. The molecular weight excluding hydrogens is 528 g/mol. The number of hydrogen-bond donors (Lipinski definition) is 0. The molecule has 0 fully saturated rings. The first-order valence-electron chi connectivity index (χ1n) is 12.9. The first kappa shape index (κ1) is 25.6. The molecule has 0 aliphatic rings. The molecule has 0 N–H and O–H groups in total. The number of halogens is 1. The summed E-state index contributed by atoms with van der Waals surface area (Å²) in [6, 6.07) is 21.4. The standard InChI is InChI=1S/C31H25ClN4O4/c1-4-39-31(38)19(3)35-18(2)24(22-9-6-8-12-26(22)35)17-33-36-29(34-25-11-7-5-10-23(25)30(36)37)28-16-20-15-21(32)13-14-27(20)40-28/h5-17,19H,4H2,1-3H3/t19-/m1/s1. The highest BCUT2D eigenvalue weighted by molar-refractivity contribution is 6.31. The third kappa shape index (κ3) is 4.26.